The number of nitrogens with zero attached hydrogens (tertiary/aromatic N) is 2. The Labute approximate surface area is 158 Å². The van der Waals surface area contributed by atoms with Crippen LogP contribution in [0.1, 0.15) is 33.1 Å². The van der Waals surface area contributed by atoms with E-state index in [1.165, 1.54) is 12.1 Å². The van der Waals surface area contributed by atoms with Gasteiger partial charge < -0.3 is 15.1 Å². The fourth-order valence-electron chi connectivity index (χ4n) is 3.66. The molecule has 5 nitrogen and oxygen atoms in total. The zero-order valence-corrected chi connectivity index (χ0v) is 16.2. The molecule has 2 aliphatic heterocycles. The number of thioether (sulfide) groups is 1. The maximum Gasteiger partial charge on any atom is 0.321 e. The Hall–Kier alpha value is -1.76. The third kappa shape index (κ3) is 4.14. The highest BCUT2D eigenvalue weighted by Crippen LogP contribution is 2.44. The molecule has 0 atom stereocenters. The van der Waals surface area contributed by atoms with Gasteiger partial charge in [0, 0.05) is 37.5 Å². The number of carbonyl (C=O) groups is 2. The number of urea groups is 1. The Morgan fingerprint density at radius 3 is 2.65 bits per heavy atom. The minimum absolute atomic E-state index is 0.165. The second-order valence-electron chi connectivity index (χ2n) is 7.37. The van der Waals surface area contributed by atoms with Crippen molar-refractivity contribution in [3.8, 4) is 0 Å². The van der Waals surface area contributed by atoms with Gasteiger partial charge in [0.15, 0.2) is 0 Å². The first kappa shape index (κ1) is 19.0. The molecule has 142 valence electrons. The molecule has 0 unspecified atom stereocenters. The second-order valence-corrected chi connectivity index (χ2v) is 8.82. The van der Waals surface area contributed by atoms with E-state index < -0.39 is 0 Å². The number of hydrogen-bond acceptors (Lipinski definition) is 3. The molecule has 26 heavy (non-hydrogen) atoms. The monoisotopic (exact) mass is 379 g/mol. The molecule has 0 bridgehead atoms. The second kappa shape index (κ2) is 7.86. The zero-order valence-electron chi connectivity index (χ0n) is 15.3. The van der Waals surface area contributed by atoms with Crippen molar-refractivity contribution < 1.29 is 14.0 Å². The van der Waals surface area contributed by atoms with Crippen LogP contribution in [0.3, 0.4) is 0 Å². The molecule has 2 aliphatic rings. The van der Waals surface area contributed by atoms with Crippen molar-refractivity contribution in [2.75, 3.05) is 30.7 Å². The van der Waals surface area contributed by atoms with Crippen molar-refractivity contribution in [3.05, 3.63) is 30.1 Å². The van der Waals surface area contributed by atoms with Gasteiger partial charge >= 0.3 is 6.03 Å². The van der Waals surface area contributed by atoms with Gasteiger partial charge in [-0.15, -0.1) is 11.8 Å². The zero-order chi connectivity index (χ0) is 18.7. The van der Waals surface area contributed by atoms with Crippen molar-refractivity contribution in [2.45, 2.75) is 38.0 Å². The standard InChI is InChI=1S/C19H26FN3O2S/c1-14(2)12-17(24)23-10-11-26-19(23)6-8-22(9-7-19)18(25)21-16-5-3-4-15(20)13-16/h3-5,13-14H,6-12H2,1-2H3,(H,21,25). The van der Waals surface area contributed by atoms with Crippen molar-refractivity contribution in [3.63, 3.8) is 0 Å². The first-order valence-electron chi connectivity index (χ1n) is 9.15. The van der Waals surface area contributed by atoms with Gasteiger partial charge in [0.1, 0.15) is 5.82 Å². The van der Waals surface area contributed by atoms with Crippen LogP contribution in [0.15, 0.2) is 24.3 Å². The summed E-state index contributed by atoms with van der Waals surface area (Å²) in [6.45, 7) is 6.12. The molecule has 3 rings (SSSR count). The lowest BCUT2D eigenvalue weighted by molar-refractivity contribution is -0.135. The quantitative estimate of drug-likeness (QED) is 0.870. The molecule has 2 saturated heterocycles. The van der Waals surface area contributed by atoms with Gasteiger partial charge in [-0.3, -0.25) is 4.79 Å². The van der Waals surface area contributed by atoms with E-state index in [0.29, 0.717) is 31.1 Å². The Morgan fingerprint density at radius 1 is 1.27 bits per heavy atom. The summed E-state index contributed by atoms with van der Waals surface area (Å²) >= 11 is 1.85. The summed E-state index contributed by atoms with van der Waals surface area (Å²) < 4.78 is 13.3. The highest BCUT2D eigenvalue weighted by atomic mass is 32.2. The Balaban J connectivity index is 1.59. The van der Waals surface area contributed by atoms with Crippen molar-refractivity contribution >= 4 is 29.4 Å². The highest BCUT2D eigenvalue weighted by molar-refractivity contribution is 8.00. The Kier molecular flexibility index (Phi) is 5.75. The predicted molar refractivity (Wildman–Crippen MR) is 103 cm³/mol. The lowest BCUT2D eigenvalue weighted by Gasteiger charge is -2.44. The fraction of sp³-hybridized carbons (Fsp3) is 0.579. The van der Waals surface area contributed by atoms with Gasteiger partial charge in [-0.25, -0.2) is 9.18 Å². The molecule has 1 aromatic rings. The van der Waals surface area contributed by atoms with Crippen LogP contribution in [0, 0.1) is 11.7 Å². The van der Waals surface area contributed by atoms with Gasteiger partial charge in [0.25, 0.3) is 0 Å². The van der Waals surface area contributed by atoms with E-state index in [2.05, 4.69) is 19.2 Å². The molecule has 3 amide bonds. The van der Waals surface area contributed by atoms with E-state index in [-0.39, 0.29) is 22.6 Å². The van der Waals surface area contributed by atoms with Crippen LogP contribution in [-0.4, -0.2) is 52.0 Å². The Bertz CT molecular complexity index is 675. The highest BCUT2D eigenvalue weighted by Gasteiger charge is 2.46. The fourth-order valence-corrected chi connectivity index (χ4v) is 5.14. The summed E-state index contributed by atoms with van der Waals surface area (Å²) in [5, 5.41) is 2.75. The molecule has 0 radical (unpaired) electrons. The molecule has 1 N–H and O–H groups in total. The van der Waals surface area contributed by atoms with Gasteiger partial charge in [-0.2, -0.15) is 0 Å². The normalized spacial score (nSPS) is 19.2. The lowest BCUT2D eigenvalue weighted by Crippen LogP contribution is -2.54. The van der Waals surface area contributed by atoms with Crippen molar-refractivity contribution in [2.24, 2.45) is 5.92 Å². The van der Waals surface area contributed by atoms with E-state index in [4.69, 9.17) is 0 Å². The lowest BCUT2D eigenvalue weighted by atomic mass is 10.0. The number of likely N-dealkylation sites (tertiary alicyclic amines) is 1. The van der Waals surface area contributed by atoms with Crippen LogP contribution in [0.25, 0.3) is 0 Å². The number of piperidine rings is 1. The summed E-state index contributed by atoms with van der Waals surface area (Å²) in [4.78, 5) is 28.7. The van der Waals surface area contributed by atoms with Crippen LogP contribution in [0.5, 0.6) is 0 Å². The largest absolute Gasteiger partial charge is 0.327 e. The predicted octanol–water partition coefficient (Wildman–Crippen LogP) is 3.77. The summed E-state index contributed by atoms with van der Waals surface area (Å²) in [6.07, 6.45) is 2.13. The van der Waals surface area contributed by atoms with Crippen LogP contribution < -0.4 is 5.32 Å². The van der Waals surface area contributed by atoms with Crippen LogP contribution >= 0.6 is 11.8 Å². The summed E-state index contributed by atoms with van der Waals surface area (Å²) in [5.74, 6) is 1.16. The topological polar surface area (TPSA) is 52.7 Å². The van der Waals surface area contributed by atoms with Crippen molar-refractivity contribution in [1.82, 2.24) is 9.80 Å². The number of rotatable bonds is 3. The van der Waals surface area contributed by atoms with Gasteiger partial charge in [-0.1, -0.05) is 19.9 Å². The van der Waals surface area contributed by atoms with Crippen LogP contribution in [0.4, 0.5) is 14.9 Å². The first-order chi connectivity index (χ1) is 12.4. The van der Waals surface area contributed by atoms with Crippen LogP contribution in [0.2, 0.25) is 0 Å². The maximum atomic E-state index is 13.3. The number of hydrogen-bond donors (Lipinski definition) is 1. The van der Waals surface area contributed by atoms with Gasteiger partial charge in [-0.05, 0) is 37.0 Å². The average Bonchev–Trinajstić information content (AvgIpc) is 2.98. The third-order valence-corrected chi connectivity index (χ3v) is 6.52. The number of nitrogens with one attached hydrogen (secondary N) is 1. The van der Waals surface area contributed by atoms with E-state index in [1.54, 1.807) is 17.0 Å². The van der Waals surface area contributed by atoms with E-state index in [9.17, 15) is 14.0 Å². The molecule has 0 aromatic heterocycles. The SMILES string of the molecule is CC(C)CC(=O)N1CCSC12CCN(C(=O)Nc1cccc(F)c1)CC2. The molecular weight excluding hydrogens is 353 g/mol. The number of benzene rings is 1. The molecular formula is C19H26FN3O2S. The van der Waals surface area contributed by atoms with Crippen LogP contribution in [-0.2, 0) is 4.79 Å². The molecule has 0 aliphatic carbocycles. The number of carbonyl (C=O) groups excluding carboxylic acids is 2. The van der Waals surface area contributed by atoms with Gasteiger partial charge in [0.05, 0.1) is 4.87 Å². The Morgan fingerprint density at radius 2 is 2.00 bits per heavy atom. The minimum Gasteiger partial charge on any atom is -0.327 e. The summed E-state index contributed by atoms with van der Waals surface area (Å²) in [6, 6.07) is 5.69. The number of halogens is 1. The van der Waals surface area contributed by atoms with E-state index in [1.807, 2.05) is 16.7 Å². The van der Waals surface area contributed by atoms with E-state index in [0.717, 1.165) is 25.1 Å². The van der Waals surface area contributed by atoms with E-state index >= 15 is 0 Å². The van der Waals surface area contributed by atoms with Crippen molar-refractivity contribution in [1.29, 1.82) is 0 Å². The molecule has 2 fully saturated rings. The summed E-state index contributed by atoms with van der Waals surface area (Å²) in [7, 11) is 0. The molecule has 2 heterocycles. The number of anilines is 1. The smallest absolute Gasteiger partial charge is 0.321 e. The maximum absolute atomic E-state index is 13.3. The summed E-state index contributed by atoms with van der Waals surface area (Å²) in [5.41, 5.74) is 0.458. The minimum atomic E-state index is -0.373. The number of amides is 3. The first-order valence-corrected chi connectivity index (χ1v) is 10.1. The van der Waals surface area contributed by atoms with Gasteiger partial charge in [0.2, 0.25) is 5.91 Å². The molecule has 7 heteroatoms. The molecule has 0 saturated carbocycles. The third-order valence-electron chi connectivity index (χ3n) is 4.97. The average molecular weight is 380 g/mol. The molecule has 1 spiro atoms. The molecule has 1 aromatic carbocycles.